The highest BCUT2D eigenvalue weighted by Gasteiger charge is 2.07. The van der Waals surface area contributed by atoms with Gasteiger partial charge < -0.3 is 15.2 Å². The lowest BCUT2D eigenvalue weighted by molar-refractivity contribution is -0.137. The predicted octanol–water partition coefficient (Wildman–Crippen LogP) is 8.91. The molecular weight excluding hydrogens is 438 g/mol. The molecule has 0 spiro atoms. The van der Waals surface area contributed by atoms with Gasteiger partial charge in [0.1, 0.15) is 5.75 Å². The van der Waals surface area contributed by atoms with Crippen LogP contribution in [0.5, 0.6) is 5.75 Å². The van der Waals surface area contributed by atoms with Crippen LogP contribution in [0.1, 0.15) is 135 Å². The first kappa shape index (κ1) is 31.0. The number of carboxylic acids is 1. The van der Waals surface area contributed by atoms with E-state index in [1.54, 1.807) is 0 Å². The minimum atomic E-state index is -0.670. The summed E-state index contributed by atoms with van der Waals surface area (Å²) in [6, 6.07) is 7.69. The fourth-order valence-corrected chi connectivity index (χ4v) is 4.27. The van der Waals surface area contributed by atoms with Crippen LogP contribution in [-0.4, -0.2) is 23.6 Å². The maximum atomic E-state index is 12.3. The van der Waals surface area contributed by atoms with E-state index in [4.69, 9.17) is 9.84 Å². The quantitative estimate of drug-likeness (QED) is 0.142. The second-order valence-corrected chi connectivity index (χ2v) is 9.80. The lowest BCUT2D eigenvalue weighted by Crippen LogP contribution is -2.12. The first-order valence-corrected chi connectivity index (χ1v) is 14.4. The molecule has 1 aromatic carbocycles. The first-order valence-electron chi connectivity index (χ1n) is 14.4. The third kappa shape index (κ3) is 18.9. The van der Waals surface area contributed by atoms with Gasteiger partial charge in [-0.15, -0.1) is 0 Å². The van der Waals surface area contributed by atoms with E-state index in [0.29, 0.717) is 19.4 Å². The van der Waals surface area contributed by atoms with Crippen LogP contribution in [0, 0.1) is 0 Å². The topological polar surface area (TPSA) is 75.6 Å². The third-order valence-electron chi connectivity index (χ3n) is 6.46. The number of carbonyl (C=O) groups excluding carboxylic acids is 1. The lowest BCUT2D eigenvalue weighted by Gasteiger charge is -2.12. The number of hydrogen-bond donors (Lipinski definition) is 2. The fraction of sp³-hybridized carbons (Fsp3) is 0.733. The van der Waals surface area contributed by atoms with Crippen molar-refractivity contribution in [1.29, 1.82) is 0 Å². The summed E-state index contributed by atoms with van der Waals surface area (Å²) in [5.74, 6) is 0.171. The van der Waals surface area contributed by atoms with E-state index in [-0.39, 0.29) is 5.91 Å². The molecule has 0 bridgehead atoms. The van der Waals surface area contributed by atoms with Crippen molar-refractivity contribution in [2.45, 2.75) is 135 Å². The second-order valence-electron chi connectivity index (χ2n) is 9.80. The van der Waals surface area contributed by atoms with Crippen molar-refractivity contribution in [3.05, 3.63) is 24.3 Å². The summed E-state index contributed by atoms with van der Waals surface area (Å²) >= 11 is 0. The number of rotatable bonds is 24. The molecule has 2 N–H and O–H groups in total. The van der Waals surface area contributed by atoms with Crippen LogP contribution in [0.25, 0.3) is 0 Å². The number of benzene rings is 1. The van der Waals surface area contributed by atoms with Crippen LogP contribution in [-0.2, 0) is 9.59 Å². The Kier molecular flexibility index (Phi) is 19.9. The summed E-state index contributed by atoms with van der Waals surface area (Å²) < 4.78 is 5.79. The largest absolute Gasteiger partial charge is 0.491 e. The molecule has 0 saturated carbocycles. The van der Waals surface area contributed by atoms with Crippen LogP contribution in [0.4, 0.5) is 5.69 Å². The lowest BCUT2D eigenvalue weighted by atomic mass is 10.0. The average molecular weight is 490 g/mol. The minimum absolute atomic E-state index is 0.0785. The molecule has 1 rings (SSSR count). The van der Waals surface area contributed by atoms with Crippen LogP contribution in [0.2, 0.25) is 0 Å². The van der Waals surface area contributed by atoms with Crippen molar-refractivity contribution in [1.82, 2.24) is 0 Å². The molecule has 0 radical (unpaired) electrons. The molecular formula is C30H51NO4. The van der Waals surface area contributed by atoms with E-state index in [1.807, 2.05) is 24.3 Å². The highest BCUT2D eigenvalue weighted by Crippen LogP contribution is 2.24. The summed E-state index contributed by atoms with van der Waals surface area (Å²) in [4.78, 5) is 22.7. The second kappa shape index (κ2) is 22.4. The van der Waals surface area contributed by atoms with Crippen LogP contribution in [0.3, 0.4) is 0 Å². The average Bonchev–Trinajstić information content (AvgIpc) is 2.84. The summed E-state index contributed by atoms with van der Waals surface area (Å²) in [6.07, 6.45) is 22.5. The molecule has 0 atom stereocenters. The molecule has 5 nitrogen and oxygen atoms in total. The molecule has 0 unspecified atom stereocenters. The zero-order valence-electron chi connectivity index (χ0n) is 22.3. The van der Waals surface area contributed by atoms with Gasteiger partial charge in [0.2, 0.25) is 5.91 Å². The van der Waals surface area contributed by atoms with E-state index >= 15 is 0 Å². The Morgan fingerprint density at radius 3 is 1.63 bits per heavy atom. The van der Waals surface area contributed by atoms with Gasteiger partial charge in [-0.05, 0) is 31.4 Å². The summed E-state index contributed by atoms with van der Waals surface area (Å²) in [5, 5.41) is 11.6. The van der Waals surface area contributed by atoms with Crippen molar-refractivity contribution in [2.75, 3.05) is 11.9 Å². The Balaban J connectivity index is 1.88. The zero-order chi connectivity index (χ0) is 25.4. The van der Waals surface area contributed by atoms with Crippen molar-refractivity contribution in [2.24, 2.45) is 0 Å². The molecule has 1 aromatic rings. The van der Waals surface area contributed by atoms with Crippen molar-refractivity contribution < 1.29 is 19.4 Å². The SMILES string of the molecule is CCCCOc1ccccc1NC(=O)CCCCCCCCCCCCCCCCCCC(=O)O. The van der Waals surface area contributed by atoms with Crippen LogP contribution in [0.15, 0.2) is 24.3 Å². The minimum Gasteiger partial charge on any atom is -0.491 e. The van der Waals surface area contributed by atoms with Gasteiger partial charge >= 0.3 is 5.97 Å². The van der Waals surface area contributed by atoms with E-state index in [1.165, 1.54) is 77.0 Å². The molecule has 0 aliphatic heterocycles. The maximum Gasteiger partial charge on any atom is 0.303 e. The third-order valence-corrected chi connectivity index (χ3v) is 6.46. The Bertz CT molecular complexity index is 662. The Labute approximate surface area is 214 Å². The number of carbonyl (C=O) groups is 2. The van der Waals surface area contributed by atoms with Crippen LogP contribution < -0.4 is 10.1 Å². The van der Waals surface area contributed by atoms with E-state index in [0.717, 1.165) is 50.0 Å². The van der Waals surface area contributed by atoms with Gasteiger partial charge in [-0.1, -0.05) is 115 Å². The van der Waals surface area contributed by atoms with Crippen molar-refractivity contribution in [3.8, 4) is 5.75 Å². The normalized spacial score (nSPS) is 10.9. The first-order chi connectivity index (χ1) is 17.1. The molecule has 1 amide bonds. The van der Waals surface area contributed by atoms with E-state index in [2.05, 4.69) is 12.2 Å². The molecule has 0 fully saturated rings. The zero-order valence-corrected chi connectivity index (χ0v) is 22.3. The summed E-state index contributed by atoms with van der Waals surface area (Å²) in [5.41, 5.74) is 0.779. The molecule has 0 aromatic heterocycles. The molecule has 5 heteroatoms. The van der Waals surface area contributed by atoms with Gasteiger partial charge in [0, 0.05) is 12.8 Å². The van der Waals surface area contributed by atoms with Gasteiger partial charge in [-0.2, -0.15) is 0 Å². The smallest absolute Gasteiger partial charge is 0.303 e. The van der Waals surface area contributed by atoms with Gasteiger partial charge in [-0.25, -0.2) is 0 Å². The monoisotopic (exact) mass is 489 g/mol. The predicted molar refractivity (Wildman–Crippen MR) is 146 cm³/mol. The van der Waals surface area contributed by atoms with Gasteiger partial charge in [0.15, 0.2) is 0 Å². The molecule has 0 heterocycles. The number of unbranched alkanes of at least 4 members (excludes halogenated alkanes) is 16. The van der Waals surface area contributed by atoms with Crippen LogP contribution >= 0.6 is 0 Å². The number of anilines is 1. The Morgan fingerprint density at radius 2 is 1.14 bits per heavy atom. The van der Waals surface area contributed by atoms with Gasteiger partial charge in [-0.3, -0.25) is 9.59 Å². The van der Waals surface area contributed by atoms with E-state index in [9.17, 15) is 9.59 Å². The molecule has 200 valence electrons. The maximum absolute atomic E-state index is 12.3. The van der Waals surface area contributed by atoms with E-state index < -0.39 is 5.97 Å². The summed E-state index contributed by atoms with van der Waals surface area (Å²) in [7, 11) is 0. The highest BCUT2D eigenvalue weighted by molar-refractivity contribution is 5.92. The number of nitrogens with one attached hydrogen (secondary N) is 1. The number of aliphatic carboxylic acids is 1. The molecule has 0 saturated heterocycles. The number of carboxylic acid groups (broad SMARTS) is 1. The Morgan fingerprint density at radius 1 is 0.686 bits per heavy atom. The molecule has 35 heavy (non-hydrogen) atoms. The number of hydrogen-bond acceptors (Lipinski definition) is 3. The standard InChI is InChI=1S/C30H51NO4/c1-2-3-26-35-28-23-21-20-22-27(28)31-29(32)24-18-16-14-12-10-8-6-4-5-7-9-11-13-15-17-19-25-30(33)34/h20-23H,2-19,24-26H2,1H3,(H,31,32)(H,33,34). The molecule has 0 aliphatic carbocycles. The Hall–Kier alpha value is -2.04. The van der Waals surface area contributed by atoms with Gasteiger partial charge in [0.05, 0.1) is 12.3 Å². The van der Waals surface area contributed by atoms with Crippen molar-refractivity contribution >= 4 is 17.6 Å². The number of ether oxygens (including phenoxy) is 1. The number of para-hydroxylation sites is 2. The summed E-state index contributed by atoms with van der Waals surface area (Å²) in [6.45, 7) is 2.82. The fourth-order valence-electron chi connectivity index (χ4n) is 4.27. The number of amides is 1. The van der Waals surface area contributed by atoms with Gasteiger partial charge in [0.25, 0.3) is 0 Å². The highest BCUT2D eigenvalue weighted by atomic mass is 16.5. The van der Waals surface area contributed by atoms with Crippen molar-refractivity contribution in [3.63, 3.8) is 0 Å². The molecule has 0 aliphatic rings.